The molecule has 2 atom stereocenters. The number of hydrogen-bond acceptors (Lipinski definition) is 5. The van der Waals surface area contributed by atoms with Crippen LogP contribution in [0.4, 0.5) is 0 Å². The van der Waals surface area contributed by atoms with Crippen LogP contribution in [0.15, 0.2) is 29.0 Å². The van der Waals surface area contributed by atoms with Crippen molar-refractivity contribution in [2.45, 2.75) is 31.7 Å². The number of fused-ring (bicyclic) bond motifs is 1. The second-order valence-corrected chi connectivity index (χ2v) is 11.9. The zero-order valence-electron chi connectivity index (χ0n) is 12.2. The van der Waals surface area contributed by atoms with E-state index < -0.39 is 8.07 Å². The van der Waals surface area contributed by atoms with Gasteiger partial charge in [0.1, 0.15) is 12.6 Å². The summed E-state index contributed by atoms with van der Waals surface area (Å²) < 4.78 is 5.66. The predicted molar refractivity (Wildman–Crippen MR) is 80.8 cm³/mol. The first-order chi connectivity index (χ1) is 9.38. The molecule has 0 aromatic rings. The molecule has 1 aliphatic carbocycles. The summed E-state index contributed by atoms with van der Waals surface area (Å²) in [6.45, 7) is 8.02. The van der Waals surface area contributed by atoms with Gasteiger partial charge in [0.05, 0.1) is 11.0 Å². The van der Waals surface area contributed by atoms with Crippen molar-refractivity contribution in [1.82, 2.24) is 5.01 Å². The van der Waals surface area contributed by atoms with Gasteiger partial charge in [-0.1, -0.05) is 31.8 Å². The number of nitro groups is 1. The molecule has 0 fully saturated rings. The Bertz CT molecular complexity index is 468. The quantitative estimate of drug-likeness (QED) is 0.326. The van der Waals surface area contributed by atoms with Crippen LogP contribution in [0.2, 0.25) is 25.7 Å². The third-order valence-corrected chi connectivity index (χ3v) is 5.14. The summed E-state index contributed by atoms with van der Waals surface area (Å²) >= 11 is 0. The molecule has 0 N–H and O–H groups in total. The average Bonchev–Trinajstić information content (AvgIpc) is 2.76. The minimum Gasteiger partial charge on any atom is -0.360 e. The molecular weight excluding hydrogens is 274 g/mol. The van der Waals surface area contributed by atoms with E-state index >= 15 is 0 Å². The number of hydrazone groups is 1. The Morgan fingerprint density at radius 3 is 2.90 bits per heavy atom. The molecule has 0 aromatic carbocycles. The summed E-state index contributed by atoms with van der Waals surface area (Å²) in [4.78, 5) is 10.6. The maximum Gasteiger partial charge on any atom is 0.257 e. The van der Waals surface area contributed by atoms with Crippen molar-refractivity contribution >= 4 is 14.3 Å². The molecule has 0 saturated heterocycles. The van der Waals surface area contributed by atoms with E-state index in [-0.39, 0.29) is 22.6 Å². The number of rotatable bonds is 6. The Labute approximate surface area is 120 Å². The van der Waals surface area contributed by atoms with Crippen LogP contribution in [0, 0.1) is 16.0 Å². The summed E-state index contributed by atoms with van der Waals surface area (Å²) in [6, 6.07) is 1.02. The Morgan fingerprint density at radius 2 is 2.25 bits per heavy atom. The highest BCUT2D eigenvalue weighted by Crippen LogP contribution is 2.28. The lowest BCUT2D eigenvalue weighted by molar-refractivity contribution is -0.431. The van der Waals surface area contributed by atoms with E-state index in [1.165, 1.54) is 0 Å². The normalized spacial score (nSPS) is 24.8. The van der Waals surface area contributed by atoms with Crippen molar-refractivity contribution in [2.75, 3.05) is 13.3 Å². The number of allylic oxidation sites excluding steroid dienone is 2. The first kappa shape index (κ1) is 14.9. The van der Waals surface area contributed by atoms with Crippen LogP contribution in [-0.2, 0) is 4.74 Å². The van der Waals surface area contributed by atoms with Gasteiger partial charge in [-0.2, -0.15) is 5.10 Å². The molecule has 110 valence electrons. The summed E-state index contributed by atoms with van der Waals surface area (Å²) in [6.07, 6.45) is 6.85. The minimum absolute atomic E-state index is 0.0905. The Kier molecular flexibility index (Phi) is 4.39. The summed E-state index contributed by atoms with van der Waals surface area (Å²) in [5.74, 6) is -0.268. The highest BCUT2D eigenvalue weighted by atomic mass is 28.3. The lowest BCUT2D eigenvalue weighted by Gasteiger charge is -2.25. The van der Waals surface area contributed by atoms with Crippen LogP contribution in [-0.4, -0.2) is 43.6 Å². The summed E-state index contributed by atoms with van der Waals surface area (Å²) in [5, 5.41) is 17.0. The van der Waals surface area contributed by atoms with Gasteiger partial charge in [0.15, 0.2) is 0 Å². The van der Waals surface area contributed by atoms with Crippen molar-refractivity contribution in [3.63, 3.8) is 0 Å². The van der Waals surface area contributed by atoms with Crippen molar-refractivity contribution in [3.8, 4) is 0 Å². The summed E-state index contributed by atoms with van der Waals surface area (Å²) in [5.41, 5.74) is 0.200. The largest absolute Gasteiger partial charge is 0.360 e. The molecule has 0 saturated carbocycles. The van der Waals surface area contributed by atoms with Crippen LogP contribution < -0.4 is 0 Å². The molecule has 0 aromatic heterocycles. The standard InChI is InChI=1S/C13H21N3O3Si/c1-20(2,3)8-7-19-10-15-12-5-4-6-13(16(17)18)11(12)9-14-15/h4-6,9,11-12H,7-8,10H2,1-3H3. The van der Waals surface area contributed by atoms with E-state index in [1.54, 1.807) is 23.4 Å². The van der Waals surface area contributed by atoms with Crippen LogP contribution >= 0.6 is 0 Å². The first-order valence-corrected chi connectivity index (χ1v) is 10.5. The molecule has 2 aliphatic rings. The third-order valence-electron chi connectivity index (χ3n) is 3.44. The predicted octanol–water partition coefficient (Wildman–Crippen LogP) is 2.32. The molecule has 0 spiro atoms. The van der Waals surface area contributed by atoms with Crippen molar-refractivity contribution < 1.29 is 9.66 Å². The van der Waals surface area contributed by atoms with E-state index in [0.717, 1.165) is 12.7 Å². The van der Waals surface area contributed by atoms with Gasteiger partial charge in [0, 0.05) is 27.0 Å². The number of hydrogen-bond donors (Lipinski definition) is 0. The Balaban J connectivity index is 1.85. The highest BCUT2D eigenvalue weighted by Gasteiger charge is 2.39. The molecule has 2 unspecified atom stereocenters. The molecule has 7 heteroatoms. The smallest absolute Gasteiger partial charge is 0.257 e. The fourth-order valence-corrected chi connectivity index (χ4v) is 2.95. The lowest BCUT2D eigenvalue weighted by Crippen LogP contribution is -2.36. The van der Waals surface area contributed by atoms with Crippen molar-refractivity contribution in [1.29, 1.82) is 0 Å². The maximum atomic E-state index is 11.0. The second kappa shape index (κ2) is 5.88. The molecule has 0 radical (unpaired) electrons. The molecular formula is C13H21N3O3Si. The molecule has 1 aliphatic heterocycles. The maximum absolute atomic E-state index is 11.0. The molecule has 1 heterocycles. The van der Waals surface area contributed by atoms with Crippen molar-refractivity contribution in [3.05, 3.63) is 34.0 Å². The molecule has 0 amide bonds. The van der Waals surface area contributed by atoms with Gasteiger partial charge in [-0.05, 0) is 6.04 Å². The SMILES string of the molecule is C[Si](C)(C)CCOCN1N=CC2C([N+](=O)[O-])=CC=CC21. The monoisotopic (exact) mass is 295 g/mol. The fraction of sp³-hybridized carbons (Fsp3) is 0.615. The van der Waals surface area contributed by atoms with E-state index in [0.29, 0.717) is 6.73 Å². The summed E-state index contributed by atoms with van der Waals surface area (Å²) in [7, 11) is -1.09. The Morgan fingerprint density at radius 1 is 1.50 bits per heavy atom. The average molecular weight is 295 g/mol. The van der Waals surface area contributed by atoms with Gasteiger partial charge >= 0.3 is 0 Å². The van der Waals surface area contributed by atoms with Crippen LogP contribution in [0.1, 0.15) is 0 Å². The van der Waals surface area contributed by atoms with Gasteiger partial charge in [-0.25, -0.2) is 0 Å². The lowest BCUT2D eigenvalue weighted by atomic mass is 9.94. The third kappa shape index (κ3) is 3.54. The van der Waals surface area contributed by atoms with Gasteiger partial charge < -0.3 is 4.74 Å². The molecule has 6 nitrogen and oxygen atoms in total. The van der Waals surface area contributed by atoms with Gasteiger partial charge in [0.25, 0.3) is 5.70 Å². The van der Waals surface area contributed by atoms with E-state index in [1.807, 2.05) is 6.08 Å². The van der Waals surface area contributed by atoms with Gasteiger partial charge in [0.2, 0.25) is 0 Å². The minimum atomic E-state index is -1.09. The second-order valence-electron chi connectivity index (χ2n) is 6.30. The zero-order valence-corrected chi connectivity index (χ0v) is 13.2. The van der Waals surface area contributed by atoms with E-state index in [4.69, 9.17) is 4.74 Å². The van der Waals surface area contributed by atoms with E-state index in [2.05, 4.69) is 24.7 Å². The van der Waals surface area contributed by atoms with Crippen LogP contribution in [0.3, 0.4) is 0 Å². The highest BCUT2D eigenvalue weighted by molar-refractivity contribution is 6.76. The number of ether oxygens (including phenoxy) is 1. The molecule has 2 rings (SSSR count). The Hall–Kier alpha value is -1.47. The topological polar surface area (TPSA) is 68.0 Å². The zero-order chi connectivity index (χ0) is 14.8. The van der Waals surface area contributed by atoms with Gasteiger partial charge in [-0.3, -0.25) is 15.1 Å². The van der Waals surface area contributed by atoms with Crippen LogP contribution in [0.25, 0.3) is 0 Å². The molecule has 20 heavy (non-hydrogen) atoms. The number of nitrogens with zero attached hydrogens (tertiary/aromatic N) is 3. The molecule has 0 bridgehead atoms. The van der Waals surface area contributed by atoms with Crippen LogP contribution in [0.5, 0.6) is 0 Å². The first-order valence-electron chi connectivity index (χ1n) is 6.80. The van der Waals surface area contributed by atoms with Gasteiger partial charge in [-0.15, -0.1) is 0 Å². The fourth-order valence-electron chi connectivity index (χ4n) is 2.20. The van der Waals surface area contributed by atoms with Crippen molar-refractivity contribution in [2.24, 2.45) is 11.0 Å². The van der Waals surface area contributed by atoms with E-state index in [9.17, 15) is 10.1 Å².